The molecule has 156 valence electrons. The predicted octanol–water partition coefficient (Wildman–Crippen LogP) is 2.44. The average Bonchev–Trinajstić information content (AvgIpc) is 3.44. The Morgan fingerprint density at radius 3 is 2.87 bits per heavy atom. The second-order valence-corrected chi connectivity index (χ2v) is 11.8. The number of carbonyl (C=O) groups excluding carboxylic acids is 1. The van der Waals surface area contributed by atoms with Crippen LogP contribution in [0.15, 0.2) is 49.1 Å². The number of nitrogens with one attached hydrogen (secondary N) is 1. The summed E-state index contributed by atoms with van der Waals surface area (Å²) >= 11 is -0.163. The van der Waals surface area contributed by atoms with Crippen molar-refractivity contribution in [2.45, 2.75) is 34.2 Å². The molecule has 1 saturated heterocycles. The van der Waals surface area contributed by atoms with Crippen molar-refractivity contribution in [3.8, 4) is 5.82 Å². The van der Waals surface area contributed by atoms with Crippen molar-refractivity contribution in [2.75, 3.05) is 5.32 Å². The van der Waals surface area contributed by atoms with Crippen LogP contribution in [-0.4, -0.2) is 56.4 Å². The van der Waals surface area contributed by atoms with Crippen molar-refractivity contribution in [1.29, 1.82) is 0 Å². The van der Waals surface area contributed by atoms with E-state index in [2.05, 4.69) is 20.4 Å². The molecule has 1 amide bonds. The Balaban J connectivity index is 1.50. The van der Waals surface area contributed by atoms with Gasteiger partial charge in [-0.15, -0.1) is 0 Å². The van der Waals surface area contributed by atoms with E-state index in [4.69, 9.17) is 10.8 Å². The number of carbonyl (C=O) groups is 1. The minimum absolute atomic E-state index is 0.163. The summed E-state index contributed by atoms with van der Waals surface area (Å²) < 4.78 is 6.04. The van der Waals surface area contributed by atoms with Gasteiger partial charge in [-0.3, -0.25) is 0 Å². The van der Waals surface area contributed by atoms with E-state index in [0.717, 1.165) is 11.3 Å². The van der Waals surface area contributed by atoms with Gasteiger partial charge in [0.15, 0.2) is 0 Å². The third-order valence-corrected chi connectivity index (χ3v) is 9.18. The molecule has 2 radical (unpaired) electrons. The number of amides is 1. The Hall–Kier alpha value is -2.79. The number of hydrogen-bond donors (Lipinski definition) is 2. The molecule has 0 aliphatic carbocycles. The SMILES string of the molecule is NCc1ccc(-n2nc(C3C[CH2][Sn][CH2]C3)cc2NC(=O)c2cnn3cccnc23)nc1. The zero-order valence-corrected chi connectivity index (χ0v) is 19.8. The molecule has 3 N–H and O–H groups in total. The first-order valence-corrected chi connectivity index (χ1v) is 14.3. The quantitative estimate of drug-likeness (QED) is 0.390. The molecule has 0 spiro atoms. The number of hydrogen-bond acceptors (Lipinski definition) is 6. The van der Waals surface area contributed by atoms with Crippen LogP contribution in [0, 0.1) is 0 Å². The molecule has 1 aliphatic heterocycles. The first kappa shape index (κ1) is 20.1. The molecule has 31 heavy (non-hydrogen) atoms. The summed E-state index contributed by atoms with van der Waals surface area (Å²) in [6.07, 6.45) is 9.05. The normalized spacial score (nSPS) is 14.7. The molecule has 1 fully saturated rings. The zero-order chi connectivity index (χ0) is 21.2. The van der Waals surface area contributed by atoms with Crippen LogP contribution in [0.2, 0.25) is 8.87 Å². The van der Waals surface area contributed by atoms with Gasteiger partial charge in [0.05, 0.1) is 0 Å². The van der Waals surface area contributed by atoms with Gasteiger partial charge in [-0.05, 0) is 6.07 Å². The van der Waals surface area contributed by atoms with Crippen molar-refractivity contribution in [2.24, 2.45) is 5.73 Å². The van der Waals surface area contributed by atoms with E-state index in [0.29, 0.717) is 35.3 Å². The molecule has 9 nitrogen and oxygen atoms in total. The fraction of sp³-hybridized carbons (Fsp3) is 0.286. The maximum absolute atomic E-state index is 13.1. The summed E-state index contributed by atoms with van der Waals surface area (Å²) in [4.78, 5) is 21.9. The molecule has 5 heterocycles. The average molecular weight is 521 g/mol. The topological polar surface area (TPSA) is 116 Å². The molecular formula is C21H22N8OSn. The Labute approximate surface area is 189 Å². The Morgan fingerprint density at radius 2 is 2.10 bits per heavy atom. The van der Waals surface area contributed by atoms with Gasteiger partial charge in [0.1, 0.15) is 0 Å². The van der Waals surface area contributed by atoms with Gasteiger partial charge in [-0.25, -0.2) is 0 Å². The minimum atomic E-state index is -0.280. The van der Waals surface area contributed by atoms with Crippen LogP contribution in [0.4, 0.5) is 5.82 Å². The second kappa shape index (κ2) is 8.75. The van der Waals surface area contributed by atoms with E-state index in [1.165, 1.54) is 27.9 Å². The van der Waals surface area contributed by atoms with Gasteiger partial charge in [-0.2, -0.15) is 0 Å². The Kier molecular flexibility index (Phi) is 5.68. The molecule has 0 aromatic carbocycles. The summed E-state index contributed by atoms with van der Waals surface area (Å²) in [5.41, 5.74) is 8.58. The number of nitrogens with two attached hydrogens (primary N) is 1. The Morgan fingerprint density at radius 1 is 1.23 bits per heavy atom. The van der Waals surface area contributed by atoms with Crippen LogP contribution >= 0.6 is 0 Å². The van der Waals surface area contributed by atoms with Crippen LogP contribution < -0.4 is 11.1 Å². The molecule has 0 saturated carbocycles. The van der Waals surface area contributed by atoms with E-state index >= 15 is 0 Å². The predicted molar refractivity (Wildman–Crippen MR) is 118 cm³/mol. The molecule has 0 atom stereocenters. The third-order valence-electron chi connectivity index (χ3n) is 5.51. The number of aromatic nitrogens is 6. The van der Waals surface area contributed by atoms with Crippen LogP contribution in [0.5, 0.6) is 0 Å². The van der Waals surface area contributed by atoms with E-state index in [1.54, 1.807) is 33.9 Å². The van der Waals surface area contributed by atoms with E-state index < -0.39 is 0 Å². The Bertz CT molecular complexity index is 1210. The molecule has 10 heteroatoms. The number of fused-ring (bicyclic) bond motifs is 1. The van der Waals surface area contributed by atoms with Crippen molar-refractivity contribution in [3.05, 3.63) is 65.9 Å². The van der Waals surface area contributed by atoms with Gasteiger partial charge in [0, 0.05) is 0 Å². The van der Waals surface area contributed by atoms with Crippen molar-refractivity contribution in [3.63, 3.8) is 0 Å². The van der Waals surface area contributed by atoms with Gasteiger partial charge < -0.3 is 0 Å². The monoisotopic (exact) mass is 522 g/mol. The summed E-state index contributed by atoms with van der Waals surface area (Å²) in [5, 5.41) is 12.1. The molecule has 1 aliphatic rings. The number of pyridine rings is 1. The van der Waals surface area contributed by atoms with Crippen LogP contribution in [0.1, 0.15) is 40.4 Å². The zero-order valence-electron chi connectivity index (χ0n) is 16.9. The maximum atomic E-state index is 13.1. The van der Waals surface area contributed by atoms with Crippen LogP contribution in [-0.2, 0) is 6.54 Å². The number of nitrogens with zero attached hydrogens (tertiary/aromatic N) is 6. The summed E-state index contributed by atoms with van der Waals surface area (Å²) in [7, 11) is 0. The van der Waals surface area contributed by atoms with Crippen LogP contribution in [0.3, 0.4) is 0 Å². The standard InChI is InChI=1S/C21H22N8O.Sn/c1-3-15(4-2)17-10-19(29(27-17)18-7-6-14(11-22)12-24-18)26-21(30)16-13-25-28-9-5-8-23-20(16)28;/h5-10,12-13,15H,1-4,11,22H2,(H,26,30);. The van der Waals surface area contributed by atoms with Gasteiger partial charge in [-0.1, -0.05) is 0 Å². The fourth-order valence-electron chi connectivity index (χ4n) is 3.81. The first-order chi connectivity index (χ1) is 15.2. The van der Waals surface area contributed by atoms with Gasteiger partial charge in [0.25, 0.3) is 0 Å². The first-order valence-electron chi connectivity index (χ1n) is 10.3. The molecule has 0 unspecified atom stereocenters. The van der Waals surface area contributed by atoms with E-state index in [-0.39, 0.29) is 27.0 Å². The van der Waals surface area contributed by atoms with Crippen LogP contribution in [0.25, 0.3) is 11.5 Å². The number of rotatable bonds is 5. The molecule has 0 bridgehead atoms. The summed E-state index contributed by atoms with van der Waals surface area (Å²) in [6, 6.07) is 7.56. The fourth-order valence-corrected chi connectivity index (χ4v) is 7.68. The number of anilines is 1. The van der Waals surface area contributed by atoms with Crippen molar-refractivity contribution in [1.82, 2.24) is 29.4 Å². The van der Waals surface area contributed by atoms with E-state index in [1.807, 2.05) is 18.2 Å². The van der Waals surface area contributed by atoms with Crippen molar-refractivity contribution < 1.29 is 4.79 Å². The molecule has 4 aromatic heterocycles. The molecular weight excluding hydrogens is 499 g/mol. The van der Waals surface area contributed by atoms with Crippen molar-refractivity contribution >= 4 is 38.5 Å². The van der Waals surface area contributed by atoms with Gasteiger partial charge >= 0.3 is 184 Å². The molecule has 5 rings (SSSR count). The summed E-state index contributed by atoms with van der Waals surface area (Å²) in [5.74, 6) is 1.39. The molecule has 4 aromatic rings. The summed E-state index contributed by atoms with van der Waals surface area (Å²) in [6.45, 7) is 0.426. The second-order valence-electron chi connectivity index (χ2n) is 7.52. The van der Waals surface area contributed by atoms with Gasteiger partial charge in [0.2, 0.25) is 0 Å². The van der Waals surface area contributed by atoms with E-state index in [9.17, 15) is 4.79 Å². The third kappa shape index (κ3) is 4.07.